The Hall–Kier alpha value is -2.92. The lowest BCUT2D eigenvalue weighted by Gasteiger charge is -2.18. The number of hydrogen-bond acceptors (Lipinski definition) is 3. The van der Waals surface area contributed by atoms with Crippen LogP contribution in [0, 0.1) is 13.8 Å². The molecule has 0 unspecified atom stereocenters. The predicted octanol–water partition coefficient (Wildman–Crippen LogP) is 3.77. The molecule has 5 nitrogen and oxygen atoms in total. The van der Waals surface area contributed by atoms with Gasteiger partial charge < -0.3 is 4.90 Å². The van der Waals surface area contributed by atoms with Gasteiger partial charge in [0.25, 0.3) is 5.91 Å². The van der Waals surface area contributed by atoms with Gasteiger partial charge in [-0.25, -0.2) is 4.68 Å². The van der Waals surface area contributed by atoms with Crippen molar-refractivity contribution in [2.24, 2.45) is 0 Å². The Morgan fingerprint density at radius 1 is 1.11 bits per heavy atom. The third-order valence-corrected chi connectivity index (χ3v) is 4.60. The number of aryl methyl sites for hydroxylation is 2. The molecule has 0 spiro atoms. The number of halogens is 1. The molecule has 0 saturated carbocycles. The van der Waals surface area contributed by atoms with Crippen LogP contribution in [0.4, 0.5) is 0 Å². The van der Waals surface area contributed by atoms with Gasteiger partial charge in [-0.05, 0) is 31.5 Å². The third kappa shape index (κ3) is 4.09. The van der Waals surface area contributed by atoms with Crippen LogP contribution in [0.25, 0.3) is 5.69 Å². The Balaban J connectivity index is 1.95. The first kappa shape index (κ1) is 18.9. The zero-order valence-electron chi connectivity index (χ0n) is 15.4. The highest BCUT2D eigenvalue weighted by Crippen LogP contribution is 2.20. The molecule has 0 atom stereocenters. The molecule has 27 heavy (non-hydrogen) atoms. The number of hydrogen-bond donors (Lipinski definition) is 0. The third-order valence-electron chi connectivity index (χ3n) is 4.28. The molecular weight excluding hydrogens is 362 g/mol. The molecule has 0 aliphatic rings. The highest BCUT2D eigenvalue weighted by molar-refractivity contribution is 6.32. The van der Waals surface area contributed by atoms with E-state index in [0.717, 1.165) is 11.1 Å². The van der Waals surface area contributed by atoms with Crippen LogP contribution in [-0.4, -0.2) is 27.6 Å². The van der Waals surface area contributed by atoms with Crippen molar-refractivity contribution < 1.29 is 4.79 Å². The number of carbonyl (C=O) groups excluding carboxylic acids is 1. The number of benzene rings is 2. The molecule has 0 fully saturated rings. The summed E-state index contributed by atoms with van der Waals surface area (Å²) in [7, 11) is 1.66. The van der Waals surface area contributed by atoms with Crippen LogP contribution in [0.2, 0.25) is 5.02 Å². The van der Waals surface area contributed by atoms with Crippen LogP contribution in [0.3, 0.4) is 0 Å². The van der Waals surface area contributed by atoms with Crippen molar-refractivity contribution in [3.05, 3.63) is 92.4 Å². The monoisotopic (exact) mass is 381 g/mol. The number of para-hydroxylation sites is 1. The summed E-state index contributed by atoms with van der Waals surface area (Å²) in [5.74, 6) is -0.429. The molecule has 3 rings (SSSR count). The van der Waals surface area contributed by atoms with Crippen LogP contribution >= 0.6 is 11.6 Å². The van der Waals surface area contributed by atoms with E-state index < -0.39 is 11.3 Å². The van der Waals surface area contributed by atoms with E-state index in [4.69, 9.17) is 11.6 Å². The highest BCUT2D eigenvalue weighted by atomic mass is 35.5. The van der Waals surface area contributed by atoms with E-state index in [0.29, 0.717) is 22.9 Å². The maximum atomic E-state index is 12.8. The van der Waals surface area contributed by atoms with Crippen molar-refractivity contribution >= 4 is 17.5 Å². The minimum atomic E-state index is -0.429. The van der Waals surface area contributed by atoms with E-state index in [-0.39, 0.29) is 5.69 Å². The summed E-state index contributed by atoms with van der Waals surface area (Å²) in [5.41, 5.74) is 2.81. The SMILES string of the molecule is Cc1ccc(CN(C)C(=O)c2nn(-c3ccccc3Cl)c(C)cc2=O)cc1. The van der Waals surface area contributed by atoms with Gasteiger partial charge in [0.1, 0.15) is 0 Å². The summed E-state index contributed by atoms with van der Waals surface area (Å²) in [5, 5.41) is 4.80. The molecule has 0 saturated heterocycles. The van der Waals surface area contributed by atoms with Crippen LogP contribution < -0.4 is 5.43 Å². The Bertz CT molecular complexity index is 1040. The number of nitrogens with zero attached hydrogens (tertiary/aromatic N) is 3. The molecule has 0 N–H and O–H groups in total. The molecular formula is C21H20ClN3O2. The fourth-order valence-corrected chi connectivity index (χ4v) is 3.00. The molecule has 1 amide bonds. The second-order valence-corrected chi connectivity index (χ2v) is 6.92. The summed E-state index contributed by atoms with van der Waals surface area (Å²) in [6.45, 7) is 4.15. The van der Waals surface area contributed by atoms with E-state index in [1.54, 1.807) is 26.1 Å². The van der Waals surface area contributed by atoms with Crippen molar-refractivity contribution in [2.45, 2.75) is 20.4 Å². The van der Waals surface area contributed by atoms with Crippen LogP contribution in [0.1, 0.15) is 27.3 Å². The smallest absolute Gasteiger partial charge is 0.278 e. The summed E-state index contributed by atoms with van der Waals surface area (Å²) in [4.78, 5) is 26.7. The van der Waals surface area contributed by atoms with E-state index >= 15 is 0 Å². The molecule has 138 valence electrons. The molecule has 2 aromatic carbocycles. The van der Waals surface area contributed by atoms with Gasteiger partial charge in [0.05, 0.1) is 10.7 Å². The molecule has 0 aliphatic carbocycles. The fraction of sp³-hybridized carbons (Fsp3) is 0.190. The topological polar surface area (TPSA) is 55.2 Å². The Morgan fingerprint density at radius 2 is 1.78 bits per heavy atom. The first-order chi connectivity index (χ1) is 12.9. The first-order valence-corrected chi connectivity index (χ1v) is 8.91. The highest BCUT2D eigenvalue weighted by Gasteiger charge is 2.20. The van der Waals surface area contributed by atoms with Gasteiger partial charge in [0.2, 0.25) is 5.43 Å². The van der Waals surface area contributed by atoms with Gasteiger partial charge in [-0.3, -0.25) is 9.59 Å². The maximum absolute atomic E-state index is 12.8. The normalized spacial score (nSPS) is 10.7. The quantitative estimate of drug-likeness (QED) is 0.691. The molecule has 0 radical (unpaired) electrons. The van der Waals surface area contributed by atoms with Crippen molar-refractivity contribution in [1.29, 1.82) is 0 Å². The Morgan fingerprint density at radius 3 is 2.44 bits per heavy atom. The maximum Gasteiger partial charge on any atom is 0.278 e. The summed E-state index contributed by atoms with van der Waals surface area (Å²) in [6.07, 6.45) is 0. The fourth-order valence-electron chi connectivity index (χ4n) is 2.78. The zero-order chi connectivity index (χ0) is 19.6. The molecule has 6 heteroatoms. The molecule has 0 aliphatic heterocycles. The van der Waals surface area contributed by atoms with E-state index in [1.807, 2.05) is 43.3 Å². The summed E-state index contributed by atoms with van der Waals surface area (Å²) < 4.78 is 1.52. The average Bonchev–Trinajstić information content (AvgIpc) is 2.64. The molecule has 1 aromatic heterocycles. The van der Waals surface area contributed by atoms with Crippen molar-refractivity contribution in [3.63, 3.8) is 0 Å². The van der Waals surface area contributed by atoms with Gasteiger partial charge in [-0.15, -0.1) is 0 Å². The second-order valence-electron chi connectivity index (χ2n) is 6.51. The number of aromatic nitrogens is 2. The second kappa shape index (κ2) is 7.76. The summed E-state index contributed by atoms with van der Waals surface area (Å²) >= 11 is 6.25. The number of rotatable bonds is 4. The lowest BCUT2D eigenvalue weighted by Crippen LogP contribution is -2.33. The number of amides is 1. The van der Waals surface area contributed by atoms with Crippen LogP contribution in [0.5, 0.6) is 0 Å². The van der Waals surface area contributed by atoms with Gasteiger partial charge in [0, 0.05) is 25.4 Å². The number of carbonyl (C=O) groups is 1. The molecule has 3 aromatic rings. The average molecular weight is 382 g/mol. The first-order valence-electron chi connectivity index (χ1n) is 8.53. The lowest BCUT2D eigenvalue weighted by molar-refractivity contribution is 0.0776. The van der Waals surface area contributed by atoms with Crippen LogP contribution in [0.15, 0.2) is 59.4 Å². The Labute approximate surface area is 162 Å². The Kier molecular flexibility index (Phi) is 5.42. The minimum absolute atomic E-state index is 0.130. The van der Waals surface area contributed by atoms with E-state index in [1.165, 1.54) is 15.6 Å². The van der Waals surface area contributed by atoms with Crippen molar-refractivity contribution in [3.8, 4) is 5.69 Å². The van der Waals surface area contributed by atoms with Gasteiger partial charge in [-0.1, -0.05) is 53.6 Å². The zero-order valence-corrected chi connectivity index (χ0v) is 16.2. The largest absolute Gasteiger partial charge is 0.336 e. The van der Waals surface area contributed by atoms with E-state index in [9.17, 15) is 9.59 Å². The molecule has 1 heterocycles. The minimum Gasteiger partial charge on any atom is -0.336 e. The van der Waals surface area contributed by atoms with Gasteiger partial charge in [0.15, 0.2) is 5.69 Å². The van der Waals surface area contributed by atoms with Gasteiger partial charge >= 0.3 is 0 Å². The molecule has 0 bridgehead atoms. The van der Waals surface area contributed by atoms with E-state index in [2.05, 4.69) is 5.10 Å². The van der Waals surface area contributed by atoms with Crippen LogP contribution in [-0.2, 0) is 6.54 Å². The summed E-state index contributed by atoms with van der Waals surface area (Å²) in [6, 6.07) is 16.5. The van der Waals surface area contributed by atoms with Crippen molar-refractivity contribution in [1.82, 2.24) is 14.7 Å². The predicted molar refractivity (Wildman–Crippen MR) is 107 cm³/mol. The lowest BCUT2D eigenvalue weighted by atomic mass is 10.1. The standard InChI is InChI=1S/C21H20ClN3O2/c1-14-8-10-16(11-9-14)13-24(3)21(27)20-19(26)12-15(2)25(23-20)18-7-5-4-6-17(18)22/h4-12H,13H2,1-3H3. The van der Waals surface area contributed by atoms with Gasteiger partial charge in [-0.2, -0.15) is 5.10 Å². The van der Waals surface area contributed by atoms with Crippen molar-refractivity contribution in [2.75, 3.05) is 7.05 Å².